The summed E-state index contributed by atoms with van der Waals surface area (Å²) in [4.78, 5) is 25.2. The summed E-state index contributed by atoms with van der Waals surface area (Å²) in [5.74, 6) is -1.78. The van der Waals surface area contributed by atoms with Crippen LogP contribution >= 0.6 is 0 Å². The first-order valence-electron chi connectivity index (χ1n) is 10.2. The van der Waals surface area contributed by atoms with Crippen LogP contribution in [0.2, 0.25) is 0 Å². The van der Waals surface area contributed by atoms with Crippen molar-refractivity contribution in [2.45, 2.75) is 33.1 Å². The van der Waals surface area contributed by atoms with E-state index in [2.05, 4.69) is 0 Å². The number of hydrogen-bond acceptors (Lipinski definition) is 6. The normalized spacial score (nSPS) is 12.6. The molecule has 0 N–H and O–H groups in total. The van der Waals surface area contributed by atoms with Gasteiger partial charge in [-0.15, -0.1) is 0 Å². The van der Waals surface area contributed by atoms with Crippen LogP contribution in [0.25, 0.3) is 22.1 Å². The van der Waals surface area contributed by atoms with Gasteiger partial charge in [-0.3, -0.25) is 4.79 Å². The van der Waals surface area contributed by atoms with Crippen molar-refractivity contribution in [2.75, 3.05) is 13.7 Å². The molecule has 1 aromatic heterocycles. The SMILES string of the molecule is COc1ccccc1-c1c(C(F)(F)F)oc2cc(O[C@@H](C)C(=O)OCC(C)C)ccc2c1=O. The topological polar surface area (TPSA) is 75.0 Å². The molecule has 0 amide bonds. The van der Waals surface area contributed by atoms with Gasteiger partial charge in [0, 0.05) is 11.6 Å². The fraction of sp³-hybridized carbons (Fsp3) is 0.333. The molecule has 0 saturated heterocycles. The molecule has 0 radical (unpaired) electrons. The molecule has 3 aromatic rings. The minimum Gasteiger partial charge on any atom is -0.496 e. The summed E-state index contributed by atoms with van der Waals surface area (Å²) in [5, 5.41) is -0.0775. The van der Waals surface area contributed by atoms with Gasteiger partial charge in [0.1, 0.15) is 17.1 Å². The Kier molecular flexibility index (Phi) is 7.00. The van der Waals surface area contributed by atoms with E-state index in [-0.39, 0.29) is 40.6 Å². The second kappa shape index (κ2) is 9.56. The van der Waals surface area contributed by atoms with Crippen LogP contribution in [0.15, 0.2) is 51.7 Å². The van der Waals surface area contributed by atoms with Crippen molar-refractivity contribution in [2.24, 2.45) is 5.92 Å². The summed E-state index contributed by atoms with van der Waals surface area (Å²) in [7, 11) is 1.30. The molecule has 0 aliphatic rings. The number of alkyl halides is 3. The molecule has 0 saturated carbocycles. The fourth-order valence-electron chi connectivity index (χ4n) is 3.16. The maximum absolute atomic E-state index is 13.9. The Morgan fingerprint density at radius 1 is 1.09 bits per heavy atom. The largest absolute Gasteiger partial charge is 0.496 e. The lowest BCUT2D eigenvalue weighted by atomic mass is 10.0. The van der Waals surface area contributed by atoms with E-state index in [9.17, 15) is 22.8 Å². The molecule has 0 aliphatic carbocycles. The minimum atomic E-state index is -4.95. The average molecular weight is 464 g/mol. The van der Waals surface area contributed by atoms with Crippen LogP contribution in [-0.2, 0) is 15.7 Å². The summed E-state index contributed by atoms with van der Waals surface area (Å²) in [5.41, 5.74) is -1.88. The van der Waals surface area contributed by atoms with Crippen LogP contribution in [0, 0.1) is 5.92 Å². The lowest BCUT2D eigenvalue weighted by Crippen LogP contribution is -2.27. The highest BCUT2D eigenvalue weighted by atomic mass is 19.4. The van der Waals surface area contributed by atoms with Gasteiger partial charge >= 0.3 is 12.1 Å². The first-order chi connectivity index (χ1) is 15.5. The van der Waals surface area contributed by atoms with Crippen molar-refractivity contribution in [3.05, 3.63) is 58.4 Å². The zero-order chi connectivity index (χ0) is 24.3. The second-order valence-electron chi connectivity index (χ2n) is 7.78. The highest BCUT2D eigenvalue weighted by Gasteiger charge is 2.40. The minimum absolute atomic E-state index is 0.0372. The van der Waals surface area contributed by atoms with Gasteiger partial charge in [0.2, 0.25) is 11.2 Å². The van der Waals surface area contributed by atoms with Gasteiger partial charge in [0.05, 0.1) is 24.7 Å². The molecule has 0 bridgehead atoms. The highest BCUT2D eigenvalue weighted by molar-refractivity contribution is 5.85. The average Bonchev–Trinajstić information content (AvgIpc) is 2.76. The fourth-order valence-corrected chi connectivity index (χ4v) is 3.16. The Balaban J connectivity index is 2.08. The van der Waals surface area contributed by atoms with Gasteiger partial charge < -0.3 is 18.6 Å². The molecule has 33 heavy (non-hydrogen) atoms. The van der Waals surface area contributed by atoms with Crippen molar-refractivity contribution in [3.8, 4) is 22.6 Å². The van der Waals surface area contributed by atoms with Crippen molar-refractivity contribution < 1.29 is 36.6 Å². The summed E-state index contributed by atoms with van der Waals surface area (Å²) in [6.07, 6.45) is -5.96. The Labute approximate surface area is 187 Å². The number of carbonyl (C=O) groups excluding carboxylic acids is 1. The molecule has 0 unspecified atom stereocenters. The third-order valence-corrected chi connectivity index (χ3v) is 4.70. The number of carbonyl (C=O) groups is 1. The summed E-state index contributed by atoms with van der Waals surface area (Å²) < 4.78 is 62.5. The van der Waals surface area contributed by atoms with E-state index in [1.165, 1.54) is 44.4 Å². The summed E-state index contributed by atoms with van der Waals surface area (Å²) in [6, 6.07) is 9.70. The summed E-state index contributed by atoms with van der Waals surface area (Å²) >= 11 is 0. The number of esters is 1. The van der Waals surface area contributed by atoms with Crippen molar-refractivity contribution in [3.63, 3.8) is 0 Å². The Bertz CT molecular complexity index is 1210. The maximum atomic E-state index is 13.9. The molecule has 1 heterocycles. The number of fused-ring (bicyclic) bond motifs is 1. The standard InChI is InChI=1S/C24H23F3O6/c1-13(2)12-31-23(29)14(3)32-15-9-10-17-19(11-15)33-22(24(25,26)27)20(21(17)28)16-7-5-6-8-18(16)30-4/h5-11,13-14H,12H2,1-4H3/t14-/m0/s1. The lowest BCUT2D eigenvalue weighted by molar-refractivity contribution is -0.152. The first-order valence-corrected chi connectivity index (χ1v) is 10.2. The zero-order valence-corrected chi connectivity index (χ0v) is 18.5. The highest BCUT2D eigenvalue weighted by Crippen LogP contribution is 2.40. The molecule has 0 spiro atoms. The predicted molar refractivity (Wildman–Crippen MR) is 115 cm³/mol. The number of halogens is 3. The quantitative estimate of drug-likeness (QED) is 0.433. The maximum Gasteiger partial charge on any atom is 0.450 e. The molecular formula is C24H23F3O6. The van der Waals surface area contributed by atoms with Crippen LogP contribution in [0.5, 0.6) is 11.5 Å². The van der Waals surface area contributed by atoms with E-state index >= 15 is 0 Å². The van der Waals surface area contributed by atoms with Crippen LogP contribution in [0.1, 0.15) is 26.5 Å². The number of hydrogen-bond donors (Lipinski definition) is 0. The monoisotopic (exact) mass is 464 g/mol. The number of methoxy groups -OCH3 is 1. The smallest absolute Gasteiger partial charge is 0.450 e. The first kappa shape index (κ1) is 24.2. The van der Waals surface area contributed by atoms with Gasteiger partial charge in [-0.2, -0.15) is 13.2 Å². The number of ether oxygens (including phenoxy) is 3. The van der Waals surface area contributed by atoms with Gasteiger partial charge in [-0.1, -0.05) is 32.0 Å². The number of benzene rings is 2. The molecule has 2 aromatic carbocycles. The van der Waals surface area contributed by atoms with Crippen LogP contribution in [0.4, 0.5) is 13.2 Å². The van der Waals surface area contributed by atoms with Crippen molar-refractivity contribution in [1.29, 1.82) is 0 Å². The van der Waals surface area contributed by atoms with E-state index in [0.717, 1.165) is 6.07 Å². The Hall–Kier alpha value is -3.49. The van der Waals surface area contributed by atoms with E-state index in [4.69, 9.17) is 18.6 Å². The molecule has 176 valence electrons. The number of para-hydroxylation sites is 1. The van der Waals surface area contributed by atoms with Gasteiger partial charge in [0.25, 0.3) is 0 Å². The van der Waals surface area contributed by atoms with E-state index < -0.39 is 35.0 Å². The van der Waals surface area contributed by atoms with Crippen LogP contribution in [-0.4, -0.2) is 25.8 Å². The predicted octanol–water partition coefficient (Wildman–Crippen LogP) is 5.45. The molecule has 0 fully saturated rings. The zero-order valence-electron chi connectivity index (χ0n) is 18.5. The van der Waals surface area contributed by atoms with Crippen molar-refractivity contribution >= 4 is 16.9 Å². The van der Waals surface area contributed by atoms with E-state index in [1.54, 1.807) is 6.07 Å². The van der Waals surface area contributed by atoms with Gasteiger partial charge in [-0.05, 0) is 31.0 Å². The Morgan fingerprint density at radius 2 is 1.79 bits per heavy atom. The molecule has 1 atom stereocenters. The van der Waals surface area contributed by atoms with Crippen LogP contribution < -0.4 is 14.9 Å². The lowest BCUT2D eigenvalue weighted by Gasteiger charge is -2.17. The summed E-state index contributed by atoms with van der Waals surface area (Å²) in [6.45, 7) is 5.41. The molecular weight excluding hydrogens is 441 g/mol. The third kappa shape index (κ3) is 5.30. The Morgan fingerprint density at radius 3 is 2.42 bits per heavy atom. The third-order valence-electron chi connectivity index (χ3n) is 4.70. The van der Waals surface area contributed by atoms with E-state index in [1.807, 2.05) is 13.8 Å². The molecule has 9 heteroatoms. The van der Waals surface area contributed by atoms with Crippen molar-refractivity contribution in [1.82, 2.24) is 0 Å². The van der Waals surface area contributed by atoms with Crippen LogP contribution in [0.3, 0.4) is 0 Å². The molecule has 0 aliphatic heterocycles. The molecule has 6 nitrogen and oxygen atoms in total. The number of rotatable bonds is 7. The van der Waals surface area contributed by atoms with E-state index in [0.29, 0.717) is 0 Å². The van der Waals surface area contributed by atoms with Gasteiger partial charge in [-0.25, -0.2) is 4.79 Å². The van der Waals surface area contributed by atoms with Gasteiger partial charge in [0.15, 0.2) is 6.10 Å². The molecule has 3 rings (SSSR count). The second-order valence-corrected chi connectivity index (χ2v) is 7.78.